The van der Waals surface area contributed by atoms with Gasteiger partial charge in [-0.05, 0) is 24.3 Å². The van der Waals surface area contributed by atoms with E-state index >= 15 is 0 Å². The van der Waals surface area contributed by atoms with Gasteiger partial charge < -0.3 is 4.90 Å². The van der Waals surface area contributed by atoms with Gasteiger partial charge in [0.2, 0.25) is 16.0 Å². The minimum atomic E-state index is -3.45. The maximum Gasteiger partial charge on any atom is 0.243 e. The molecule has 3 rings (SSSR count). The first kappa shape index (κ1) is 15.4. The van der Waals surface area contributed by atoms with Gasteiger partial charge in [-0.25, -0.2) is 18.4 Å². The molecule has 0 spiro atoms. The first-order valence-corrected chi connectivity index (χ1v) is 9.08. The van der Waals surface area contributed by atoms with Crippen LogP contribution in [0.5, 0.6) is 0 Å². The number of rotatable bonds is 3. The van der Waals surface area contributed by atoms with Crippen LogP contribution in [0.4, 0.5) is 5.95 Å². The van der Waals surface area contributed by atoms with E-state index in [4.69, 9.17) is 0 Å². The summed E-state index contributed by atoms with van der Waals surface area (Å²) in [6.07, 6.45) is 3.37. The van der Waals surface area contributed by atoms with Gasteiger partial charge in [0.1, 0.15) is 0 Å². The molecule has 1 aromatic heterocycles. The first-order valence-electron chi connectivity index (χ1n) is 6.85. The maximum absolute atomic E-state index is 12.6. The van der Waals surface area contributed by atoms with Gasteiger partial charge in [0.15, 0.2) is 0 Å². The van der Waals surface area contributed by atoms with Gasteiger partial charge in [-0.3, -0.25) is 0 Å². The van der Waals surface area contributed by atoms with Gasteiger partial charge in [-0.2, -0.15) is 4.31 Å². The van der Waals surface area contributed by atoms with Crippen LogP contribution in [-0.2, 0) is 10.0 Å². The smallest absolute Gasteiger partial charge is 0.243 e. The number of hydrogen-bond acceptors (Lipinski definition) is 5. The lowest BCUT2D eigenvalue weighted by molar-refractivity contribution is 0.382. The third-order valence-corrected chi connectivity index (χ3v) is 5.90. The zero-order valence-corrected chi connectivity index (χ0v) is 14.2. The third-order valence-electron chi connectivity index (χ3n) is 3.51. The van der Waals surface area contributed by atoms with E-state index in [2.05, 4.69) is 25.9 Å². The van der Waals surface area contributed by atoms with Gasteiger partial charge in [-0.1, -0.05) is 22.0 Å². The van der Waals surface area contributed by atoms with Crippen LogP contribution in [0, 0.1) is 0 Å². The van der Waals surface area contributed by atoms with Crippen molar-refractivity contribution in [1.29, 1.82) is 0 Å². The summed E-state index contributed by atoms with van der Waals surface area (Å²) in [6.45, 7) is 2.01. The lowest BCUT2D eigenvalue weighted by atomic mass is 10.4. The topological polar surface area (TPSA) is 66.4 Å². The van der Waals surface area contributed by atoms with Gasteiger partial charge in [0.25, 0.3) is 0 Å². The summed E-state index contributed by atoms with van der Waals surface area (Å²) in [5.41, 5.74) is 0. The molecule has 0 N–H and O–H groups in total. The van der Waals surface area contributed by atoms with Crippen molar-refractivity contribution < 1.29 is 8.42 Å². The summed E-state index contributed by atoms with van der Waals surface area (Å²) < 4.78 is 27.5. The SMILES string of the molecule is O=S(=O)(c1cccc(Br)c1)N1CCN(c2ncccn2)CC1. The molecule has 1 fully saturated rings. The lowest BCUT2D eigenvalue weighted by Crippen LogP contribution is -2.49. The molecule has 0 unspecified atom stereocenters. The fraction of sp³-hybridized carbons (Fsp3) is 0.286. The molecule has 0 saturated carbocycles. The number of aromatic nitrogens is 2. The van der Waals surface area contributed by atoms with Crippen LogP contribution < -0.4 is 4.90 Å². The Bertz CT molecular complexity index is 746. The first-order chi connectivity index (χ1) is 10.6. The molecule has 2 aromatic rings. The zero-order chi connectivity index (χ0) is 15.6. The second kappa shape index (κ2) is 6.31. The van der Waals surface area contributed by atoms with Crippen molar-refractivity contribution in [2.24, 2.45) is 0 Å². The van der Waals surface area contributed by atoms with Crippen molar-refractivity contribution in [3.63, 3.8) is 0 Å². The van der Waals surface area contributed by atoms with Crippen molar-refractivity contribution >= 4 is 31.9 Å². The summed E-state index contributed by atoms with van der Waals surface area (Å²) >= 11 is 3.31. The van der Waals surface area contributed by atoms with Crippen molar-refractivity contribution in [3.8, 4) is 0 Å². The van der Waals surface area contributed by atoms with E-state index < -0.39 is 10.0 Å². The van der Waals surface area contributed by atoms with E-state index in [0.29, 0.717) is 37.0 Å². The van der Waals surface area contributed by atoms with E-state index in [0.717, 1.165) is 4.47 Å². The van der Waals surface area contributed by atoms with Gasteiger partial charge in [-0.15, -0.1) is 0 Å². The van der Waals surface area contributed by atoms with Crippen LogP contribution in [0.15, 0.2) is 52.1 Å². The highest BCUT2D eigenvalue weighted by molar-refractivity contribution is 9.10. The number of anilines is 1. The minimum absolute atomic E-state index is 0.311. The number of nitrogens with zero attached hydrogens (tertiary/aromatic N) is 4. The Hall–Kier alpha value is -1.51. The van der Waals surface area contributed by atoms with Crippen LogP contribution in [0.25, 0.3) is 0 Å². The van der Waals surface area contributed by atoms with Crippen LogP contribution >= 0.6 is 15.9 Å². The van der Waals surface area contributed by atoms with E-state index in [9.17, 15) is 8.42 Å². The minimum Gasteiger partial charge on any atom is -0.338 e. The number of piperazine rings is 1. The monoisotopic (exact) mass is 382 g/mol. The van der Waals surface area contributed by atoms with Crippen LogP contribution in [0.1, 0.15) is 0 Å². The molecule has 1 aliphatic rings. The second-order valence-electron chi connectivity index (χ2n) is 4.90. The van der Waals surface area contributed by atoms with Crippen molar-refractivity contribution in [1.82, 2.24) is 14.3 Å². The standard InChI is InChI=1S/C14H15BrN4O2S/c15-12-3-1-4-13(11-12)22(20,21)19-9-7-18(8-10-19)14-16-5-2-6-17-14/h1-6,11H,7-10H2. The van der Waals surface area contributed by atoms with Gasteiger partial charge in [0.05, 0.1) is 4.90 Å². The third kappa shape index (κ3) is 3.13. The molecule has 0 bridgehead atoms. The zero-order valence-electron chi connectivity index (χ0n) is 11.8. The number of hydrogen-bond donors (Lipinski definition) is 0. The molecule has 1 aliphatic heterocycles. The molecule has 2 heterocycles. The van der Waals surface area contributed by atoms with Crippen LogP contribution in [0.2, 0.25) is 0 Å². The highest BCUT2D eigenvalue weighted by atomic mass is 79.9. The highest BCUT2D eigenvalue weighted by Crippen LogP contribution is 2.21. The predicted molar refractivity (Wildman–Crippen MR) is 87.1 cm³/mol. The van der Waals surface area contributed by atoms with Crippen LogP contribution in [-0.4, -0.2) is 48.9 Å². The number of sulfonamides is 1. The largest absolute Gasteiger partial charge is 0.338 e. The molecule has 6 nitrogen and oxygen atoms in total. The van der Waals surface area contributed by atoms with E-state index in [-0.39, 0.29) is 0 Å². The molecular formula is C14H15BrN4O2S. The fourth-order valence-electron chi connectivity index (χ4n) is 2.36. The van der Waals surface area contributed by atoms with Gasteiger partial charge >= 0.3 is 0 Å². The van der Waals surface area contributed by atoms with Crippen molar-refractivity contribution in [3.05, 3.63) is 47.2 Å². The molecule has 0 amide bonds. The Labute approximate surface area is 138 Å². The Kier molecular flexibility index (Phi) is 4.42. The Morgan fingerprint density at radius 2 is 1.68 bits per heavy atom. The summed E-state index contributed by atoms with van der Waals surface area (Å²) in [4.78, 5) is 10.7. The maximum atomic E-state index is 12.6. The highest BCUT2D eigenvalue weighted by Gasteiger charge is 2.29. The molecule has 0 aliphatic carbocycles. The quantitative estimate of drug-likeness (QED) is 0.808. The number of benzene rings is 1. The lowest BCUT2D eigenvalue weighted by Gasteiger charge is -2.33. The van der Waals surface area contributed by atoms with E-state index in [1.807, 2.05) is 11.0 Å². The number of halogens is 1. The Morgan fingerprint density at radius 3 is 2.32 bits per heavy atom. The molecule has 22 heavy (non-hydrogen) atoms. The summed E-state index contributed by atoms with van der Waals surface area (Å²) in [5, 5.41) is 0. The molecule has 1 saturated heterocycles. The average molecular weight is 383 g/mol. The Morgan fingerprint density at radius 1 is 1.00 bits per heavy atom. The molecule has 8 heteroatoms. The molecule has 0 atom stereocenters. The second-order valence-corrected chi connectivity index (χ2v) is 7.75. The van der Waals surface area contributed by atoms with E-state index in [1.54, 1.807) is 36.7 Å². The molecule has 1 aromatic carbocycles. The summed E-state index contributed by atoms with van der Waals surface area (Å²) in [6, 6.07) is 8.54. The molecule has 0 radical (unpaired) electrons. The summed E-state index contributed by atoms with van der Waals surface area (Å²) in [5.74, 6) is 0.641. The molecule has 116 valence electrons. The average Bonchev–Trinajstić information content (AvgIpc) is 2.56. The van der Waals surface area contributed by atoms with Crippen LogP contribution in [0.3, 0.4) is 0 Å². The fourth-order valence-corrected chi connectivity index (χ4v) is 4.38. The summed E-state index contributed by atoms with van der Waals surface area (Å²) in [7, 11) is -3.45. The molecular weight excluding hydrogens is 368 g/mol. The van der Waals surface area contributed by atoms with Crippen molar-refractivity contribution in [2.75, 3.05) is 31.1 Å². The van der Waals surface area contributed by atoms with Gasteiger partial charge in [0, 0.05) is 43.0 Å². The Balaban J connectivity index is 1.73. The predicted octanol–water partition coefficient (Wildman–Crippen LogP) is 1.75. The van der Waals surface area contributed by atoms with Crippen molar-refractivity contribution in [2.45, 2.75) is 4.90 Å². The normalized spacial score (nSPS) is 16.7. The van der Waals surface area contributed by atoms with E-state index in [1.165, 1.54) is 4.31 Å².